The molecule has 0 aromatic heterocycles. The first-order valence-corrected chi connectivity index (χ1v) is 31.3. The Morgan fingerprint density at radius 2 is 0.623 bits per heavy atom. The minimum absolute atomic E-state index is 0.00516. The number of carbonyl (C=O) groups excluding carboxylic acids is 2. The van der Waals surface area contributed by atoms with Gasteiger partial charge in [-0.05, 0) is 32.1 Å². The molecule has 1 saturated heterocycles. The quantitative estimate of drug-likeness (QED) is 0.0358. The van der Waals surface area contributed by atoms with Crippen molar-refractivity contribution in [2.75, 3.05) is 26.4 Å². The number of aliphatic hydroxyl groups is 2. The average Bonchev–Trinajstić information content (AvgIpc) is 3.41. The zero-order valence-electron chi connectivity index (χ0n) is 46.4. The van der Waals surface area contributed by atoms with Crippen molar-refractivity contribution in [2.45, 2.75) is 341 Å². The van der Waals surface area contributed by atoms with Gasteiger partial charge < -0.3 is 19.7 Å². The van der Waals surface area contributed by atoms with E-state index in [1.807, 2.05) is 0 Å². The monoisotopic (exact) mass is 973 g/mol. The van der Waals surface area contributed by atoms with Crippen molar-refractivity contribution in [1.82, 2.24) is 0 Å². The molecule has 6 heteroatoms. The van der Waals surface area contributed by atoms with Crippen molar-refractivity contribution in [3.8, 4) is 0 Å². The van der Waals surface area contributed by atoms with Crippen LogP contribution in [0.1, 0.15) is 341 Å². The molecule has 0 aliphatic carbocycles. The first-order chi connectivity index (χ1) is 34.1. The summed E-state index contributed by atoms with van der Waals surface area (Å²) < 4.78 is 10.6. The molecule has 0 spiro atoms. The Balaban J connectivity index is 1.68. The van der Waals surface area contributed by atoms with Gasteiger partial charge in [-0.3, -0.25) is 9.59 Å². The van der Waals surface area contributed by atoms with E-state index in [4.69, 9.17) is 9.47 Å². The number of hydrogen-bond acceptors (Lipinski definition) is 6. The van der Waals surface area contributed by atoms with Gasteiger partial charge in [-0.2, -0.15) is 0 Å². The molecule has 0 aromatic carbocycles. The number of esters is 2. The highest BCUT2D eigenvalue weighted by atomic mass is 16.6. The molecule has 0 aromatic rings. The van der Waals surface area contributed by atoms with Crippen LogP contribution in [-0.4, -0.2) is 48.6 Å². The van der Waals surface area contributed by atoms with Gasteiger partial charge in [-0.1, -0.05) is 314 Å². The average molecular weight is 974 g/mol. The second-order valence-electron chi connectivity index (χ2n) is 22.4. The number of allylic oxidation sites excluding steroid dienone is 2. The Kier molecular flexibility index (Phi) is 50.3. The minimum Gasteiger partial charge on any atom is -0.465 e. The van der Waals surface area contributed by atoms with Gasteiger partial charge in [0.1, 0.15) is 13.2 Å². The second kappa shape index (κ2) is 52.9. The minimum atomic E-state index is -1.12. The van der Waals surface area contributed by atoms with Gasteiger partial charge in [0.2, 0.25) is 0 Å². The van der Waals surface area contributed by atoms with E-state index in [1.54, 1.807) is 0 Å². The normalized spacial score (nSPS) is 15.4. The van der Waals surface area contributed by atoms with E-state index in [-0.39, 0.29) is 19.6 Å². The SMILES string of the molecule is CCCCCC/C=C/CCCCCCCCCCCCCCCCCCCCCCCCCCCCCCCCCCCCCCCCCCCCCCC1CC(=O)OCC(CO)(CO)COC1=O. The summed E-state index contributed by atoms with van der Waals surface area (Å²) in [6.45, 7) is 1.20. The van der Waals surface area contributed by atoms with E-state index < -0.39 is 36.5 Å². The Labute approximate surface area is 430 Å². The lowest BCUT2D eigenvalue weighted by Gasteiger charge is -2.27. The maximum atomic E-state index is 12.5. The highest BCUT2D eigenvalue weighted by Gasteiger charge is 2.36. The van der Waals surface area contributed by atoms with Crippen molar-refractivity contribution in [1.29, 1.82) is 0 Å². The van der Waals surface area contributed by atoms with Gasteiger partial charge in [0.25, 0.3) is 0 Å². The summed E-state index contributed by atoms with van der Waals surface area (Å²) in [6.07, 6.45) is 75.7. The lowest BCUT2D eigenvalue weighted by atomic mass is 9.92. The Morgan fingerprint density at radius 1 is 0.377 bits per heavy atom. The third-order valence-corrected chi connectivity index (χ3v) is 15.5. The number of unbranched alkanes of at least 4 members (excludes halogenated alkanes) is 48. The summed E-state index contributed by atoms with van der Waals surface area (Å²) in [4.78, 5) is 24.7. The Morgan fingerprint density at radius 3 is 0.899 bits per heavy atom. The number of rotatable bonds is 54. The topological polar surface area (TPSA) is 93.1 Å². The summed E-state index contributed by atoms with van der Waals surface area (Å²) in [5.74, 6) is -1.40. The molecular formula is C63H120O6. The van der Waals surface area contributed by atoms with Crippen LogP contribution in [0.25, 0.3) is 0 Å². The number of hydrogen-bond donors (Lipinski definition) is 2. The molecule has 0 bridgehead atoms. The number of ether oxygens (including phenoxy) is 2. The molecule has 6 nitrogen and oxygen atoms in total. The van der Waals surface area contributed by atoms with Crippen molar-refractivity contribution >= 4 is 11.9 Å². The summed E-state index contributed by atoms with van der Waals surface area (Å²) in [5.41, 5.74) is -1.12. The highest BCUT2D eigenvalue weighted by molar-refractivity contribution is 5.80. The maximum Gasteiger partial charge on any atom is 0.309 e. The zero-order valence-corrected chi connectivity index (χ0v) is 46.4. The Hall–Kier alpha value is -1.40. The van der Waals surface area contributed by atoms with Crippen LogP contribution in [0.5, 0.6) is 0 Å². The van der Waals surface area contributed by atoms with Crippen molar-refractivity contribution in [2.24, 2.45) is 11.3 Å². The Bertz CT molecular complexity index is 1090. The summed E-state index contributed by atoms with van der Waals surface area (Å²) in [6, 6.07) is 0. The van der Waals surface area contributed by atoms with Crippen molar-refractivity contribution in [3.05, 3.63) is 12.2 Å². The molecule has 0 amide bonds. The van der Waals surface area contributed by atoms with Gasteiger partial charge >= 0.3 is 11.9 Å². The zero-order chi connectivity index (χ0) is 49.7. The van der Waals surface area contributed by atoms with Gasteiger partial charge in [0.15, 0.2) is 0 Å². The molecule has 1 unspecified atom stereocenters. The van der Waals surface area contributed by atoms with Crippen LogP contribution < -0.4 is 0 Å². The lowest BCUT2D eigenvalue weighted by Crippen LogP contribution is -2.40. The highest BCUT2D eigenvalue weighted by Crippen LogP contribution is 2.25. The van der Waals surface area contributed by atoms with E-state index >= 15 is 0 Å². The third-order valence-electron chi connectivity index (χ3n) is 15.5. The summed E-state index contributed by atoms with van der Waals surface area (Å²) >= 11 is 0. The lowest BCUT2D eigenvalue weighted by molar-refractivity contribution is -0.155. The predicted molar refractivity (Wildman–Crippen MR) is 297 cm³/mol. The molecule has 0 radical (unpaired) electrons. The van der Waals surface area contributed by atoms with Crippen LogP contribution >= 0.6 is 0 Å². The van der Waals surface area contributed by atoms with E-state index in [0.29, 0.717) is 6.42 Å². The molecule has 1 heterocycles. The maximum absolute atomic E-state index is 12.5. The number of aliphatic hydroxyl groups excluding tert-OH is 2. The molecule has 1 aliphatic rings. The van der Waals surface area contributed by atoms with Gasteiger partial charge in [-0.15, -0.1) is 0 Å². The second-order valence-corrected chi connectivity index (χ2v) is 22.4. The van der Waals surface area contributed by atoms with E-state index in [2.05, 4.69) is 19.1 Å². The smallest absolute Gasteiger partial charge is 0.309 e. The fourth-order valence-corrected chi connectivity index (χ4v) is 10.4. The molecule has 69 heavy (non-hydrogen) atoms. The fourth-order valence-electron chi connectivity index (χ4n) is 10.4. The van der Waals surface area contributed by atoms with Crippen LogP contribution in [0.2, 0.25) is 0 Å². The molecule has 1 atom stereocenters. The predicted octanol–water partition coefficient (Wildman–Crippen LogP) is 19.5. The van der Waals surface area contributed by atoms with Crippen LogP contribution in [0.4, 0.5) is 0 Å². The number of cyclic esters (lactones) is 2. The number of carbonyl (C=O) groups is 2. The van der Waals surface area contributed by atoms with E-state index in [9.17, 15) is 19.8 Å². The van der Waals surface area contributed by atoms with Gasteiger partial charge in [0.05, 0.1) is 31.0 Å². The molecule has 1 aliphatic heterocycles. The van der Waals surface area contributed by atoms with Crippen LogP contribution in [0.15, 0.2) is 12.2 Å². The van der Waals surface area contributed by atoms with Gasteiger partial charge in [0, 0.05) is 0 Å². The summed E-state index contributed by atoms with van der Waals surface area (Å²) in [5, 5.41) is 19.2. The van der Waals surface area contributed by atoms with Crippen LogP contribution in [0.3, 0.4) is 0 Å². The van der Waals surface area contributed by atoms with Crippen LogP contribution in [0, 0.1) is 11.3 Å². The molecular weight excluding hydrogens is 853 g/mol. The molecule has 408 valence electrons. The van der Waals surface area contributed by atoms with E-state index in [1.165, 1.54) is 302 Å². The third kappa shape index (κ3) is 45.0. The first-order valence-electron chi connectivity index (χ1n) is 31.3. The molecule has 1 fully saturated rings. The summed E-state index contributed by atoms with van der Waals surface area (Å²) in [7, 11) is 0. The van der Waals surface area contributed by atoms with Crippen molar-refractivity contribution < 1.29 is 29.3 Å². The van der Waals surface area contributed by atoms with Gasteiger partial charge in [-0.25, -0.2) is 0 Å². The first kappa shape index (κ1) is 65.6. The van der Waals surface area contributed by atoms with E-state index in [0.717, 1.165) is 19.3 Å². The largest absolute Gasteiger partial charge is 0.465 e. The standard InChI is InChI=1S/C63H120O6/c1-2-3-4-5-6-7-8-9-10-11-12-13-14-15-16-17-18-19-20-21-22-23-24-25-26-27-28-29-30-31-32-33-34-35-36-37-38-39-40-41-42-43-44-45-46-47-48-49-50-51-52-53-54-60-55-61(66)68-58-63(56-64,57-65)59-69-62(60)67/h7-8,60,64-65H,2-6,9-59H2,1H3/b8-7+. The van der Waals surface area contributed by atoms with Crippen molar-refractivity contribution in [3.63, 3.8) is 0 Å². The fraction of sp³-hybridized carbons (Fsp3) is 0.937. The molecule has 1 rings (SSSR count). The molecule has 2 N–H and O–H groups in total. The van der Waals surface area contributed by atoms with Crippen LogP contribution in [-0.2, 0) is 19.1 Å². The molecule has 0 saturated carbocycles.